The number of H-pyrrole nitrogens is 1. The molecule has 0 aliphatic heterocycles. The summed E-state index contributed by atoms with van der Waals surface area (Å²) in [5, 5.41) is 0.624. The zero-order valence-corrected chi connectivity index (χ0v) is 15.7. The van der Waals surface area contributed by atoms with Gasteiger partial charge in [-0.05, 0) is 61.0 Å². The number of rotatable bonds is 4. The van der Waals surface area contributed by atoms with E-state index in [1.165, 1.54) is 0 Å². The molecule has 4 rings (SSSR count). The molecular formula is C21H16ClN3O3. The minimum atomic E-state index is -0.857. The second-order valence-corrected chi connectivity index (χ2v) is 6.66. The number of halogens is 1. The van der Waals surface area contributed by atoms with Crippen molar-refractivity contribution in [3.05, 3.63) is 71.2 Å². The van der Waals surface area contributed by atoms with Gasteiger partial charge in [-0.1, -0.05) is 17.7 Å². The number of carbonyl (C=O) groups excluding carboxylic acids is 1. The number of aromatic amines is 1. The van der Waals surface area contributed by atoms with Gasteiger partial charge in [-0.2, -0.15) is 0 Å². The van der Waals surface area contributed by atoms with Crippen LogP contribution in [0.15, 0.2) is 60.7 Å². The van der Waals surface area contributed by atoms with E-state index in [0.717, 1.165) is 22.2 Å². The van der Waals surface area contributed by atoms with Crippen molar-refractivity contribution in [2.45, 2.75) is 6.92 Å². The van der Waals surface area contributed by atoms with Gasteiger partial charge in [0.05, 0.1) is 11.0 Å². The fourth-order valence-electron chi connectivity index (χ4n) is 2.80. The van der Waals surface area contributed by atoms with E-state index in [1.807, 2.05) is 43.3 Å². The average Bonchev–Trinajstić information content (AvgIpc) is 3.08. The Kier molecular flexibility index (Phi) is 4.63. The number of amides is 1. The molecule has 0 aliphatic rings. The molecule has 6 nitrogen and oxygen atoms in total. The highest BCUT2D eigenvalue weighted by Gasteiger charge is 2.09. The van der Waals surface area contributed by atoms with Crippen molar-refractivity contribution in [2.75, 3.05) is 0 Å². The number of nitrogens with two attached hydrogens (primary N) is 1. The number of benzene rings is 3. The Morgan fingerprint density at radius 3 is 2.54 bits per heavy atom. The van der Waals surface area contributed by atoms with Crippen LogP contribution in [0.2, 0.25) is 5.02 Å². The zero-order valence-electron chi connectivity index (χ0n) is 14.9. The molecule has 4 aromatic rings. The summed E-state index contributed by atoms with van der Waals surface area (Å²) in [4.78, 5) is 18.7. The smallest absolute Gasteiger partial charge is 0.409 e. The largest absolute Gasteiger partial charge is 0.457 e. The Hall–Kier alpha value is -3.51. The van der Waals surface area contributed by atoms with Crippen molar-refractivity contribution in [2.24, 2.45) is 5.73 Å². The zero-order chi connectivity index (χ0) is 19.7. The van der Waals surface area contributed by atoms with Gasteiger partial charge in [0.25, 0.3) is 0 Å². The molecule has 0 spiro atoms. The summed E-state index contributed by atoms with van der Waals surface area (Å²) in [5.74, 6) is 2.46. The number of hydrogen-bond acceptors (Lipinski definition) is 4. The third-order valence-electron chi connectivity index (χ3n) is 4.18. The topological polar surface area (TPSA) is 90.2 Å². The number of ether oxygens (including phenoxy) is 2. The number of carbonyl (C=O) groups is 1. The molecule has 1 aromatic heterocycles. The van der Waals surface area contributed by atoms with E-state index < -0.39 is 6.09 Å². The monoisotopic (exact) mass is 393 g/mol. The fraction of sp³-hybridized carbons (Fsp3) is 0.0476. The summed E-state index contributed by atoms with van der Waals surface area (Å²) < 4.78 is 10.8. The van der Waals surface area contributed by atoms with Gasteiger partial charge in [-0.15, -0.1) is 0 Å². The van der Waals surface area contributed by atoms with Crippen LogP contribution in [0.4, 0.5) is 4.79 Å². The first kappa shape index (κ1) is 17.9. The summed E-state index contributed by atoms with van der Waals surface area (Å²) in [7, 11) is 0. The molecule has 0 radical (unpaired) electrons. The molecule has 0 saturated heterocycles. The minimum Gasteiger partial charge on any atom is -0.457 e. The Morgan fingerprint density at radius 2 is 1.79 bits per heavy atom. The van der Waals surface area contributed by atoms with E-state index in [4.69, 9.17) is 26.8 Å². The lowest BCUT2D eigenvalue weighted by atomic mass is 10.2. The molecule has 140 valence electrons. The van der Waals surface area contributed by atoms with Crippen molar-refractivity contribution in [1.29, 1.82) is 0 Å². The normalized spacial score (nSPS) is 10.8. The highest BCUT2D eigenvalue weighted by atomic mass is 35.5. The molecule has 0 aliphatic carbocycles. The maximum Gasteiger partial charge on any atom is 0.409 e. The predicted octanol–water partition coefficient (Wildman–Crippen LogP) is 5.44. The molecule has 0 bridgehead atoms. The first-order chi connectivity index (χ1) is 13.5. The predicted molar refractivity (Wildman–Crippen MR) is 108 cm³/mol. The third-order valence-corrected chi connectivity index (χ3v) is 4.41. The molecule has 1 amide bonds. The number of aromatic nitrogens is 2. The molecular weight excluding hydrogens is 378 g/mol. The maximum absolute atomic E-state index is 10.9. The molecule has 0 saturated carbocycles. The summed E-state index contributed by atoms with van der Waals surface area (Å²) in [6, 6.07) is 18.2. The Bertz CT molecular complexity index is 1170. The molecule has 1 heterocycles. The van der Waals surface area contributed by atoms with Crippen molar-refractivity contribution in [3.63, 3.8) is 0 Å². The highest BCUT2D eigenvalue weighted by molar-refractivity contribution is 6.30. The third kappa shape index (κ3) is 3.77. The van der Waals surface area contributed by atoms with Gasteiger partial charge in [0.15, 0.2) is 0 Å². The number of nitrogens with zero attached hydrogens (tertiary/aromatic N) is 1. The van der Waals surface area contributed by atoms with Crippen molar-refractivity contribution in [3.8, 4) is 28.6 Å². The van der Waals surface area contributed by atoms with Crippen LogP contribution in [0.3, 0.4) is 0 Å². The summed E-state index contributed by atoms with van der Waals surface area (Å²) in [6.07, 6.45) is -0.857. The first-order valence-electron chi connectivity index (χ1n) is 8.49. The number of hydrogen-bond donors (Lipinski definition) is 2. The van der Waals surface area contributed by atoms with Crippen LogP contribution in [-0.4, -0.2) is 16.1 Å². The van der Waals surface area contributed by atoms with Gasteiger partial charge in [0.2, 0.25) is 0 Å². The van der Waals surface area contributed by atoms with Gasteiger partial charge in [-0.3, -0.25) is 0 Å². The van der Waals surface area contributed by atoms with Crippen molar-refractivity contribution >= 4 is 28.7 Å². The SMILES string of the molecule is Cc1ccc(Cl)cc1Oc1ccc(-c2nc3ccc(OC(N)=O)cc3[nH]2)cc1. The Morgan fingerprint density at radius 1 is 1.04 bits per heavy atom. The second-order valence-electron chi connectivity index (χ2n) is 6.22. The van der Waals surface area contributed by atoms with Gasteiger partial charge < -0.3 is 20.2 Å². The Labute approximate surface area is 165 Å². The number of nitrogens with one attached hydrogen (secondary N) is 1. The molecule has 7 heteroatoms. The van der Waals surface area contributed by atoms with Crippen LogP contribution in [0.5, 0.6) is 17.2 Å². The average molecular weight is 394 g/mol. The van der Waals surface area contributed by atoms with E-state index in [1.54, 1.807) is 24.3 Å². The number of aryl methyl sites for hydroxylation is 1. The van der Waals surface area contributed by atoms with Crippen LogP contribution >= 0.6 is 11.6 Å². The molecule has 3 aromatic carbocycles. The first-order valence-corrected chi connectivity index (χ1v) is 8.87. The van der Waals surface area contributed by atoms with Crippen molar-refractivity contribution < 1.29 is 14.3 Å². The van der Waals surface area contributed by atoms with Crippen LogP contribution in [0, 0.1) is 6.92 Å². The lowest BCUT2D eigenvalue weighted by Gasteiger charge is -2.09. The second kappa shape index (κ2) is 7.25. The quantitative estimate of drug-likeness (QED) is 0.483. The number of imidazole rings is 1. The number of fused-ring (bicyclic) bond motifs is 1. The number of primary amides is 1. The minimum absolute atomic E-state index is 0.357. The van der Waals surface area contributed by atoms with Gasteiger partial charge in [0.1, 0.15) is 23.1 Å². The maximum atomic E-state index is 10.9. The van der Waals surface area contributed by atoms with E-state index in [2.05, 4.69) is 9.97 Å². The lowest BCUT2D eigenvalue weighted by molar-refractivity contribution is 0.211. The van der Waals surface area contributed by atoms with Gasteiger partial charge >= 0.3 is 6.09 Å². The molecule has 28 heavy (non-hydrogen) atoms. The highest BCUT2D eigenvalue weighted by Crippen LogP contribution is 2.30. The van der Waals surface area contributed by atoms with E-state index in [-0.39, 0.29) is 0 Å². The van der Waals surface area contributed by atoms with Crippen LogP contribution in [0.25, 0.3) is 22.4 Å². The summed E-state index contributed by atoms with van der Waals surface area (Å²) in [6.45, 7) is 1.96. The lowest BCUT2D eigenvalue weighted by Crippen LogP contribution is -2.16. The summed E-state index contributed by atoms with van der Waals surface area (Å²) in [5.41, 5.74) is 8.43. The Balaban J connectivity index is 1.58. The molecule has 0 atom stereocenters. The van der Waals surface area contributed by atoms with Gasteiger partial charge in [-0.25, -0.2) is 9.78 Å². The van der Waals surface area contributed by atoms with E-state index in [9.17, 15) is 4.79 Å². The van der Waals surface area contributed by atoms with Crippen LogP contribution in [0.1, 0.15) is 5.56 Å². The van der Waals surface area contributed by atoms with Gasteiger partial charge in [0, 0.05) is 16.7 Å². The molecule has 0 unspecified atom stereocenters. The molecule has 3 N–H and O–H groups in total. The standard InChI is InChI=1S/C21H16ClN3O3/c1-12-2-5-14(22)10-19(12)27-15-6-3-13(4-7-15)20-24-17-9-8-16(28-21(23)26)11-18(17)25-20/h2-11H,1H3,(H2,23,26)(H,24,25). The summed E-state index contributed by atoms with van der Waals surface area (Å²) >= 11 is 6.04. The fourth-order valence-corrected chi connectivity index (χ4v) is 2.96. The molecule has 0 fully saturated rings. The van der Waals surface area contributed by atoms with Crippen LogP contribution < -0.4 is 15.2 Å². The van der Waals surface area contributed by atoms with E-state index in [0.29, 0.717) is 28.1 Å². The van der Waals surface area contributed by atoms with Crippen LogP contribution in [-0.2, 0) is 0 Å². The van der Waals surface area contributed by atoms with E-state index >= 15 is 0 Å². The van der Waals surface area contributed by atoms with Crippen molar-refractivity contribution in [1.82, 2.24) is 9.97 Å².